The average Bonchev–Trinajstić information content (AvgIpc) is 2.48. The summed E-state index contributed by atoms with van der Waals surface area (Å²) in [5.74, 6) is -0.458. The number of rotatable bonds is 5. The molecule has 0 aliphatic carbocycles. The second kappa shape index (κ2) is 6.76. The molecule has 0 atom stereocenters. The molecule has 7 nitrogen and oxygen atoms in total. The van der Waals surface area contributed by atoms with Crippen LogP contribution >= 0.6 is 11.6 Å². The standard InChI is InChI=1S/C13H11ClN4O3/c14-12-2-1-10(18(20)21)5-11(12)13(19)17-4-3-9-6-15-8-16-7-9/h1-2,5-8H,3-4H2,(H,17,19). The lowest BCUT2D eigenvalue weighted by Crippen LogP contribution is -2.26. The third-order valence-electron chi connectivity index (χ3n) is 2.72. The van der Waals surface area contributed by atoms with E-state index in [4.69, 9.17) is 11.6 Å². The first-order valence-corrected chi connectivity index (χ1v) is 6.42. The highest BCUT2D eigenvalue weighted by molar-refractivity contribution is 6.33. The van der Waals surface area contributed by atoms with Crippen molar-refractivity contribution in [1.29, 1.82) is 0 Å². The van der Waals surface area contributed by atoms with E-state index >= 15 is 0 Å². The number of carbonyl (C=O) groups is 1. The number of hydrogen-bond donors (Lipinski definition) is 1. The Morgan fingerprint density at radius 2 is 2.05 bits per heavy atom. The van der Waals surface area contributed by atoms with Crippen LogP contribution in [0.1, 0.15) is 15.9 Å². The second-order valence-electron chi connectivity index (χ2n) is 4.17. The van der Waals surface area contributed by atoms with Gasteiger partial charge in [-0.25, -0.2) is 9.97 Å². The number of nitro groups is 1. The summed E-state index contributed by atoms with van der Waals surface area (Å²) in [6.45, 7) is 0.352. The van der Waals surface area contributed by atoms with Crippen molar-refractivity contribution in [2.75, 3.05) is 6.54 Å². The van der Waals surface area contributed by atoms with Crippen molar-refractivity contribution in [2.45, 2.75) is 6.42 Å². The van der Waals surface area contributed by atoms with Crippen molar-refractivity contribution >= 4 is 23.2 Å². The van der Waals surface area contributed by atoms with Crippen LogP contribution in [0.25, 0.3) is 0 Å². The summed E-state index contributed by atoms with van der Waals surface area (Å²) in [6.07, 6.45) is 5.28. The van der Waals surface area contributed by atoms with E-state index in [2.05, 4.69) is 15.3 Å². The normalized spacial score (nSPS) is 10.1. The fraction of sp³-hybridized carbons (Fsp3) is 0.154. The number of amides is 1. The molecule has 1 amide bonds. The lowest BCUT2D eigenvalue weighted by molar-refractivity contribution is -0.384. The maximum Gasteiger partial charge on any atom is 0.270 e. The number of benzene rings is 1. The van der Waals surface area contributed by atoms with E-state index in [1.807, 2.05) is 0 Å². The van der Waals surface area contributed by atoms with Crippen LogP contribution in [0.15, 0.2) is 36.9 Å². The highest BCUT2D eigenvalue weighted by Gasteiger charge is 2.15. The van der Waals surface area contributed by atoms with Gasteiger partial charge in [-0.3, -0.25) is 14.9 Å². The molecule has 1 aromatic heterocycles. The summed E-state index contributed by atoms with van der Waals surface area (Å²) in [5, 5.41) is 13.5. The van der Waals surface area contributed by atoms with Crippen LogP contribution < -0.4 is 5.32 Å². The summed E-state index contributed by atoms with van der Waals surface area (Å²) in [4.78, 5) is 29.8. The number of nitrogens with zero attached hydrogens (tertiary/aromatic N) is 3. The van der Waals surface area contributed by atoms with Crippen LogP contribution in [0.5, 0.6) is 0 Å². The van der Waals surface area contributed by atoms with Crippen molar-refractivity contribution in [1.82, 2.24) is 15.3 Å². The lowest BCUT2D eigenvalue weighted by Gasteiger charge is -2.06. The maximum absolute atomic E-state index is 12.0. The average molecular weight is 307 g/mol. The van der Waals surface area contributed by atoms with E-state index < -0.39 is 10.8 Å². The van der Waals surface area contributed by atoms with Gasteiger partial charge < -0.3 is 5.32 Å². The third-order valence-corrected chi connectivity index (χ3v) is 3.05. The number of nitrogens with one attached hydrogen (secondary N) is 1. The number of nitro benzene ring substituents is 1. The predicted octanol–water partition coefficient (Wildman–Crippen LogP) is 2.01. The lowest BCUT2D eigenvalue weighted by atomic mass is 10.2. The molecule has 0 bridgehead atoms. The quantitative estimate of drug-likeness (QED) is 0.673. The summed E-state index contributed by atoms with van der Waals surface area (Å²) >= 11 is 5.89. The summed E-state index contributed by atoms with van der Waals surface area (Å²) in [6, 6.07) is 3.74. The molecule has 8 heteroatoms. The molecule has 108 valence electrons. The fourth-order valence-corrected chi connectivity index (χ4v) is 1.88. The van der Waals surface area contributed by atoms with Gasteiger partial charge in [0.05, 0.1) is 15.5 Å². The molecule has 0 aliphatic heterocycles. The molecule has 0 fully saturated rings. The zero-order valence-corrected chi connectivity index (χ0v) is 11.6. The molecule has 2 aromatic rings. The van der Waals surface area contributed by atoms with Gasteiger partial charge in [-0.15, -0.1) is 0 Å². The number of aromatic nitrogens is 2. The summed E-state index contributed by atoms with van der Waals surface area (Å²) in [5.41, 5.74) is 0.777. The van der Waals surface area contributed by atoms with E-state index in [0.717, 1.165) is 11.6 Å². The Labute approximate surface area is 125 Å². The van der Waals surface area contributed by atoms with Crippen molar-refractivity contribution in [3.8, 4) is 0 Å². The van der Waals surface area contributed by atoms with Crippen molar-refractivity contribution in [3.05, 3.63) is 63.2 Å². The van der Waals surface area contributed by atoms with Crippen LogP contribution in [0, 0.1) is 10.1 Å². The summed E-state index contributed by atoms with van der Waals surface area (Å²) < 4.78 is 0. The van der Waals surface area contributed by atoms with Crippen LogP contribution in [-0.2, 0) is 6.42 Å². The highest BCUT2D eigenvalue weighted by Crippen LogP contribution is 2.21. The molecule has 0 saturated heterocycles. The van der Waals surface area contributed by atoms with Crippen LogP contribution in [0.4, 0.5) is 5.69 Å². The highest BCUT2D eigenvalue weighted by atomic mass is 35.5. The first-order valence-electron chi connectivity index (χ1n) is 6.04. The van der Waals surface area contributed by atoms with Gasteiger partial charge in [0.1, 0.15) is 6.33 Å². The topological polar surface area (TPSA) is 98.0 Å². The number of halogens is 1. The first-order chi connectivity index (χ1) is 10.1. The molecule has 0 spiro atoms. The van der Waals surface area contributed by atoms with E-state index in [1.54, 1.807) is 12.4 Å². The maximum atomic E-state index is 12.0. The minimum atomic E-state index is -0.575. The predicted molar refractivity (Wildman–Crippen MR) is 76.2 cm³/mol. The van der Waals surface area contributed by atoms with Gasteiger partial charge >= 0.3 is 0 Å². The van der Waals surface area contributed by atoms with Gasteiger partial charge in [-0.2, -0.15) is 0 Å². The van der Waals surface area contributed by atoms with E-state index in [9.17, 15) is 14.9 Å². The van der Waals surface area contributed by atoms with Crippen molar-refractivity contribution < 1.29 is 9.72 Å². The Kier molecular flexibility index (Phi) is 4.78. The number of hydrogen-bond acceptors (Lipinski definition) is 5. The largest absolute Gasteiger partial charge is 0.352 e. The van der Waals surface area contributed by atoms with Gasteiger partial charge in [-0.1, -0.05) is 11.6 Å². The molecule has 0 unspecified atom stereocenters. The molecular formula is C13H11ClN4O3. The monoisotopic (exact) mass is 306 g/mol. The zero-order chi connectivity index (χ0) is 15.2. The summed E-state index contributed by atoms with van der Waals surface area (Å²) in [7, 11) is 0. The number of carbonyl (C=O) groups excluding carboxylic acids is 1. The third kappa shape index (κ3) is 3.96. The molecule has 0 aliphatic rings. The van der Waals surface area contributed by atoms with Gasteiger partial charge in [0.2, 0.25) is 0 Å². The minimum Gasteiger partial charge on any atom is -0.352 e. The molecule has 1 aromatic carbocycles. The molecule has 1 heterocycles. The van der Waals surface area contributed by atoms with Crippen LogP contribution in [0.2, 0.25) is 5.02 Å². The molecule has 1 N–H and O–H groups in total. The van der Waals surface area contributed by atoms with Crippen molar-refractivity contribution in [2.24, 2.45) is 0 Å². The van der Waals surface area contributed by atoms with Gasteiger partial charge in [-0.05, 0) is 18.1 Å². The van der Waals surface area contributed by atoms with Crippen molar-refractivity contribution in [3.63, 3.8) is 0 Å². The number of non-ortho nitro benzene ring substituents is 1. The Balaban J connectivity index is 2.00. The Morgan fingerprint density at radius 3 is 2.71 bits per heavy atom. The van der Waals surface area contributed by atoms with Gasteiger partial charge in [0.15, 0.2) is 0 Å². The Bertz CT molecular complexity index is 664. The molecule has 0 radical (unpaired) electrons. The van der Waals surface area contributed by atoms with Gasteiger partial charge in [0, 0.05) is 31.1 Å². The fourth-order valence-electron chi connectivity index (χ4n) is 1.68. The Hall–Kier alpha value is -2.54. The van der Waals surface area contributed by atoms with E-state index in [-0.39, 0.29) is 16.3 Å². The smallest absolute Gasteiger partial charge is 0.270 e. The SMILES string of the molecule is O=C(NCCc1cncnc1)c1cc([N+](=O)[O-])ccc1Cl. The molecule has 21 heavy (non-hydrogen) atoms. The van der Waals surface area contributed by atoms with E-state index in [1.165, 1.54) is 18.5 Å². The zero-order valence-electron chi connectivity index (χ0n) is 10.8. The van der Waals surface area contributed by atoms with E-state index in [0.29, 0.717) is 13.0 Å². The van der Waals surface area contributed by atoms with Crippen LogP contribution in [-0.4, -0.2) is 27.3 Å². The molecule has 0 saturated carbocycles. The Morgan fingerprint density at radius 1 is 1.33 bits per heavy atom. The molecular weight excluding hydrogens is 296 g/mol. The second-order valence-corrected chi connectivity index (χ2v) is 4.58. The van der Waals surface area contributed by atoms with Crippen LogP contribution in [0.3, 0.4) is 0 Å². The van der Waals surface area contributed by atoms with Gasteiger partial charge in [0.25, 0.3) is 11.6 Å². The molecule has 2 rings (SSSR count). The minimum absolute atomic E-state index is 0.0789. The first kappa shape index (κ1) is 14.9.